The summed E-state index contributed by atoms with van der Waals surface area (Å²) in [6.45, 7) is 2.61. The van der Waals surface area contributed by atoms with E-state index < -0.39 is 5.54 Å². The first-order chi connectivity index (χ1) is 7.60. The van der Waals surface area contributed by atoms with Gasteiger partial charge in [-0.05, 0) is 31.7 Å². The summed E-state index contributed by atoms with van der Waals surface area (Å²) >= 11 is 0. The van der Waals surface area contributed by atoms with Crippen molar-refractivity contribution in [2.75, 3.05) is 0 Å². The highest BCUT2D eigenvalue weighted by atomic mass is 16.2. The summed E-state index contributed by atoms with van der Waals surface area (Å²) in [5, 5.41) is 2.90. The zero-order chi connectivity index (χ0) is 11.6. The van der Waals surface area contributed by atoms with Crippen molar-refractivity contribution in [1.29, 1.82) is 0 Å². The third kappa shape index (κ3) is 2.25. The fourth-order valence-electron chi connectivity index (χ4n) is 1.97. The summed E-state index contributed by atoms with van der Waals surface area (Å²) in [7, 11) is 0. The van der Waals surface area contributed by atoms with Crippen molar-refractivity contribution in [2.24, 2.45) is 5.73 Å². The Bertz CT molecular complexity index is 397. The third-order valence-corrected chi connectivity index (χ3v) is 3.23. The molecule has 0 heterocycles. The maximum atomic E-state index is 11.8. The van der Waals surface area contributed by atoms with Crippen LogP contribution in [0.4, 0.5) is 0 Å². The molecule has 3 heteroatoms. The van der Waals surface area contributed by atoms with Gasteiger partial charge in [-0.2, -0.15) is 0 Å². The lowest BCUT2D eigenvalue weighted by atomic mass is 9.77. The van der Waals surface area contributed by atoms with E-state index in [9.17, 15) is 4.79 Å². The number of benzene rings is 1. The summed E-state index contributed by atoms with van der Waals surface area (Å²) in [5.74, 6) is -0.0137. The molecule has 1 aliphatic carbocycles. The number of aryl methyl sites for hydroxylation is 1. The topological polar surface area (TPSA) is 55.1 Å². The molecule has 1 aliphatic rings. The van der Waals surface area contributed by atoms with E-state index in [4.69, 9.17) is 5.73 Å². The number of nitrogens with one attached hydrogen (secondary N) is 1. The maximum Gasteiger partial charge on any atom is 0.240 e. The predicted octanol–water partition coefficient (Wildman–Crippen LogP) is 1.49. The highest BCUT2D eigenvalue weighted by molar-refractivity contribution is 5.86. The molecule has 1 saturated carbocycles. The highest BCUT2D eigenvalue weighted by Gasteiger charge is 2.39. The van der Waals surface area contributed by atoms with Crippen LogP contribution in [0, 0.1) is 6.92 Å². The Hall–Kier alpha value is -1.35. The number of hydrogen-bond acceptors (Lipinski definition) is 2. The summed E-state index contributed by atoms with van der Waals surface area (Å²) in [6, 6.07) is 8.13. The van der Waals surface area contributed by atoms with Gasteiger partial charge in [0.15, 0.2) is 0 Å². The van der Waals surface area contributed by atoms with Crippen LogP contribution in [0.5, 0.6) is 0 Å². The zero-order valence-electron chi connectivity index (χ0n) is 9.62. The molecule has 16 heavy (non-hydrogen) atoms. The smallest absolute Gasteiger partial charge is 0.240 e. The van der Waals surface area contributed by atoms with Crippen LogP contribution in [0.25, 0.3) is 0 Å². The number of hydrogen-bond donors (Lipinski definition) is 2. The van der Waals surface area contributed by atoms with Gasteiger partial charge < -0.3 is 11.1 Å². The molecule has 0 unspecified atom stereocenters. The summed E-state index contributed by atoms with van der Waals surface area (Å²) < 4.78 is 0. The van der Waals surface area contributed by atoms with Crippen LogP contribution >= 0.6 is 0 Å². The second-order valence-corrected chi connectivity index (χ2v) is 4.68. The Labute approximate surface area is 96.0 Å². The highest BCUT2D eigenvalue weighted by Crippen LogP contribution is 2.29. The molecule has 0 aliphatic heterocycles. The fourth-order valence-corrected chi connectivity index (χ4v) is 1.97. The van der Waals surface area contributed by atoms with Gasteiger partial charge in [0.25, 0.3) is 0 Å². The van der Waals surface area contributed by atoms with E-state index in [-0.39, 0.29) is 5.91 Å². The minimum absolute atomic E-state index is 0.0137. The minimum Gasteiger partial charge on any atom is -0.350 e. The van der Waals surface area contributed by atoms with Gasteiger partial charge in [-0.25, -0.2) is 0 Å². The molecule has 0 atom stereocenters. The summed E-state index contributed by atoms with van der Waals surface area (Å²) in [6.07, 6.45) is 2.69. The largest absolute Gasteiger partial charge is 0.350 e. The zero-order valence-corrected chi connectivity index (χ0v) is 9.62. The molecule has 0 aromatic heterocycles. The standard InChI is InChI=1S/C13H18N2O/c1-10-4-2-5-11(8-10)9-15-12(16)13(14)6-3-7-13/h2,4-5,8H,3,6-7,9,14H2,1H3,(H,15,16). The lowest BCUT2D eigenvalue weighted by Gasteiger charge is -2.36. The second kappa shape index (κ2) is 4.26. The average molecular weight is 218 g/mol. The van der Waals surface area contributed by atoms with Crippen molar-refractivity contribution in [2.45, 2.75) is 38.3 Å². The van der Waals surface area contributed by atoms with Crippen molar-refractivity contribution in [3.63, 3.8) is 0 Å². The Morgan fingerprint density at radius 2 is 2.25 bits per heavy atom. The van der Waals surface area contributed by atoms with Crippen LogP contribution in [-0.4, -0.2) is 11.4 Å². The third-order valence-electron chi connectivity index (χ3n) is 3.23. The van der Waals surface area contributed by atoms with Crippen LogP contribution < -0.4 is 11.1 Å². The molecule has 0 bridgehead atoms. The Morgan fingerprint density at radius 1 is 1.50 bits per heavy atom. The Morgan fingerprint density at radius 3 is 2.81 bits per heavy atom. The van der Waals surface area contributed by atoms with Gasteiger partial charge in [-0.15, -0.1) is 0 Å². The van der Waals surface area contributed by atoms with E-state index in [1.54, 1.807) is 0 Å². The number of carbonyl (C=O) groups excluding carboxylic acids is 1. The molecule has 3 nitrogen and oxygen atoms in total. The van der Waals surface area contributed by atoms with Gasteiger partial charge in [0.2, 0.25) is 5.91 Å². The van der Waals surface area contributed by atoms with Gasteiger partial charge in [0.1, 0.15) is 0 Å². The number of nitrogens with two attached hydrogens (primary N) is 1. The van der Waals surface area contributed by atoms with Crippen molar-refractivity contribution >= 4 is 5.91 Å². The molecule has 1 aromatic rings. The van der Waals surface area contributed by atoms with Gasteiger partial charge in [0.05, 0.1) is 5.54 Å². The molecular formula is C13H18N2O. The molecule has 0 radical (unpaired) electrons. The van der Waals surface area contributed by atoms with E-state index in [0.717, 1.165) is 24.8 Å². The molecule has 0 spiro atoms. The monoisotopic (exact) mass is 218 g/mol. The Kier molecular flexibility index (Phi) is 2.97. The van der Waals surface area contributed by atoms with E-state index in [1.165, 1.54) is 5.56 Å². The first kappa shape index (κ1) is 11.1. The molecular weight excluding hydrogens is 200 g/mol. The lowest BCUT2D eigenvalue weighted by molar-refractivity contribution is -0.129. The molecule has 1 fully saturated rings. The molecule has 1 amide bonds. The van der Waals surface area contributed by atoms with Gasteiger partial charge >= 0.3 is 0 Å². The number of rotatable bonds is 3. The quantitative estimate of drug-likeness (QED) is 0.807. The van der Waals surface area contributed by atoms with Gasteiger partial charge in [-0.3, -0.25) is 4.79 Å². The van der Waals surface area contributed by atoms with Crippen molar-refractivity contribution < 1.29 is 4.79 Å². The molecule has 2 rings (SSSR count). The summed E-state index contributed by atoms with van der Waals surface area (Å²) in [4.78, 5) is 11.8. The van der Waals surface area contributed by atoms with Crippen molar-refractivity contribution in [3.05, 3.63) is 35.4 Å². The first-order valence-electron chi connectivity index (χ1n) is 5.73. The number of amides is 1. The first-order valence-corrected chi connectivity index (χ1v) is 5.73. The van der Waals surface area contributed by atoms with Crippen LogP contribution in [0.2, 0.25) is 0 Å². The molecule has 3 N–H and O–H groups in total. The molecule has 86 valence electrons. The van der Waals surface area contributed by atoms with Crippen LogP contribution in [0.3, 0.4) is 0 Å². The molecule has 1 aromatic carbocycles. The number of carbonyl (C=O) groups is 1. The lowest BCUT2D eigenvalue weighted by Crippen LogP contribution is -2.58. The van der Waals surface area contributed by atoms with E-state index in [2.05, 4.69) is 11.4 Å². The summed E-state index contributed by atoms with van der Waals surface area (Å²) in [5.41, 5.74) is 7.66. The Balaban J connectivity index is 1.90. The SMILES string of the molecule is Cc1cccc(CNC(=O)C2(N)CCC2)c1. The van der Waals surface area contributed by atoms with Crippen molar-refractivity contribution in [1.82, 2.24) is 5.32 Å². The average Bonchev–Trinajstić information content (AvgIpc) is 2.22. The molecule has 0 saturated heterocycles. The van der Waals surface area contributed by atoms with E-state index in [1.807, 2.05) is 25.1 Å². The second-order valence-electron chi connectivity index (χ2n) is 4.68. The van der Waals surface area contributed by atoms with E-state index in [0.29, 0.717) is 6.54 Å². The minimum atomic E-state index is -0.593. The normalized spacial score (nSPS) is 17.6. The van der Waals surface area contributed by atoms with Crippen molar-refractivity contribution in [3.8, 4) is 0 Å². The van der Waals surface area contributed by atoms with Gasteiger partial charge in [0, 0.05) is 6.54 Å². The van der Waals surface area contributed by atoms with E-state index >= 15 is 0 Å². The predicted molar refractivity (Wildman–Crippen MR) is 63.8 cm³/mol. The fraction of sp³-hybridized carbons (Fsp3) is 0.462. The van der Waals surface area contributed by atoms with Crippen LogP contribution in [-0.2, 0) is 11.3 Å². The van der Waals surface area contributed by atoms with Crippen LogP contribution in [0.1, 0.15) is 30.4 Å². The van der Waals surface area contributed by atoms with Gasteiger partial charge in [-0.1, -0.05) is 29.8 Å². The van der Waals surface area contributed by atoms with Crippen LogP contribution in [0.15, 0.2) is 24.3 Å². The maximum absolute atomic E-state index is 11.8.